The Morgan fingerprint density at radius 3 is 2.44 bits per heavy atom. The first-order valence-corrected chi connectivity index (χ1v) is 9.56. The first-order chi connectivity index (χ1) is 13.1. The standard InChI is InChI=1S/C22H24ClN3O/c1-4-19(26-22-20(23)21(15(2)3)24-14-25-22)16-9-8-12-18(13-16)27-17-10-6-5-7-11-17/h5-15,19H,4H2,1-3H3,(H,24,25,26). The number of ether oxygens (including phenoxy) is 1. The van der Waals surface area contributed by atoms with Crippen molar-refractivity contribution in [1.29, 1.82) is 0 Å². The summed E-state index contributed by atoms with van der Waals surface area (Å²) in [7, 11) is 0. The molecule has 1 heterocycles. The van der Waals surface area contributed by atoms with Gasteiger partial charge in [-0.1, -0.05) is 62.7 Å². The van der Waals surface area contributed by atoms with Gasteiger partial charge in [-0.15, -0.1) is 0 Å². The minimum absolute atomic E-state index is 0.0664. The van der Waals surface area contributed by atoms with E-state index in [4.69, 9.17) is 16.3 Å². The van der Waals surface area contributed by atoms with Crippen LogP contribution in [0, 0.1) is 0 Å². The highest BCUT2D eigenvalue weighted by molar-refractivity contribution is 6.33. The molecule has 140 valence electrons. The van der Waals surface area contributed by atoms with Crippen molar-refractivity contribution in [2.24, 2.45) is 0 Å². The first kappa shape index (κ1) is 19.2. The fourth-order valence-electron chi connectivity index (χ4n) is 2.89. The number of nitrogens with one attached hydrogen (secondary N) is 1. The maximum absolute atomic E-state index is 6.52. The second kappa shape index (κ2) is 8.87. The summed E-state index contributed by atoms with van der Waals surface area (Å²) in [5, 5.41) is 4.05. The van der Waals surface area contributed by atoms with Crippen molar-refractivity contribution in [3.63, 3.8) is 0 Å². The van der Waals surface area contributed by atoms with E-state index in [2.05, 4.69) is 42.1 Å². The van der Waals surface area contributed by atoms with Gasteiger partial charge in [0.1, 0.15) is 28.7 Å². The molecule has 3 aromatic rings. The summed E-state index contributed by atoms with van der Waals surface area (Å²) in [6.07, 6.45) is 2.44. The van der Waals surface area contributed by atoms with Gasteiger partial charge in [-0.05, 0) is 42.2 Å². The van der Waals surface area contributed by atoms with E-state index in [1.807, 2.05) is 48.5 Å². The Morgan fingerprint density at radius 2 is 1.74 bits per heavy atom. The molecule has 0 aliphatic rings. The summed E-state index contributed by atoms with van der Waals surface area (Å²) in [6, 6.07) is 17.9. The van der Waals surface area contributed by atoms with Gasteiger partial charge in [0.05, 0.1) is 11.7 Å². The van der Waals surface area contributed by atoms with E-state index in [0.29, 0.717) is 10.8 Å². The molecule has 1 N–H and O–H groups in total. The Hall–Kier alpha value is -2.59. The van der Waals surface area contributed by atoms with E-state index < -0.39 is 0 Å². The lowest BCUT2D eigenvalue weighted by molar-refractivity contribution is 0.481. The van der Waals surface area contributed by atoms with E-state index in [-0.39, 0.29) is 12.0 Å². The summed E-state index contributed by atoms with van der Waals surface area (Å²) in [6.45, 7) is 6.26. The summed E-state index contributed by atoms with van der Waals surface area (Å²) >= 11 is 6.52. The maximum Gasteiger partial charge on any atom is 0.149 e. The van der Waals surface area contributed by atoms with Crippen molar-refractivity contribution < 1.29 is 4.74 Å². The molecule has 0 radical (unpaired) electrons. The molecular weight excluding hydrogens is 358 g/mol. The Balaban J connectivity index is 1.82. The zero-order valence-electron chi connectivity index (χ0n) is 15.8. The molecule has 27 heavy (non-hydrogen) atoms. The number of para-hydroxylation sites is 1. The van der Waals surface area contributed by atoms with E-state index in [1.54, 1.807) is 6.33 Å². The van der Waals surface area contributed by atoms with Gasteiger partial charge < -0.3 is 10.1 Å². The Morgan fingerprint density at radius 1 is 1.00 bits per heavy atom. The quantitative estimate of drug-likeness (QED) is 0.500. The molecule has 1 aromatic heterocycles. The number of hydrogen-bond donors (Lipinski definition) is 1. The van der Waals surface area contributed by atoms with Crippen LogP contribution in [0.4, 0.5) is 5.82 Å². The average molecular weight is 382 g/mol. The minimum atomic E-state index is 0.0664. The zero-order valence-corrected chi connectivity index (χ0v) is 16.6. The van der Waals surface area contributed by atoms with Crippen molar-refractivity contribution in [3.8, 4) is 11.5 Å². The molecule has 0 saturated heterocycles. The van der Waals surface area contributed by atoms with Gasteiger partial charge in [0.15, 0.2) is 0 Å². The normalized spacial score (nSPS) is 12.0. The van der Waals surface area contributed by atoms with Crippen LogP contribution in [-0.4, -0.2) is 9.97 Å². The fraction of sp³-hybridized carbons (Fsp3) is 0.273. The molecule has 0 fully saturated rings. The Labute approximate surface area is 165 Å². The number of anilines is 1. The number of rotatable bonds is 7. The first-order valence-electron chi connectivity index (χ1n) is 9.18. The third kappa shape index (κ3) is 4.77. The highest BCUT2D eigenvalue weighted by Gasteiger charge is 2.16. The van der Waals surface area contributed by atoms with E-state index in [1.165, 1.54) is 0 Å². The van der Waals surface area contributed by atoms with Crippen molar-refractivity contribution >= 4 is 17.4 Å². The van der Waals surface area contributed by atoms with Crippen molar-refractivity contribution in [2.75, 3.05) is 5.32 Å². The molecule has 1 unspecified atom stereocenters. The molecule has 0 bridgehead atoms. The van der Waals surface area contributed by atoms with E-state index in [9.17, 15) is 0 Å². The third-order valence-corrected chi connectivity index (χ3v) is 4.69. The lowest BCUT2D eigenvalue weighted by atomic mass is 10.0. The number of aromatic nitrogens is 2. The summed E-state index contributed by atoms with van der Waals surface area (Å²) < 4.78 is 5.96. The second-order valence-corrected chi connectivity index (χ2v) is 7.05. The monoisotopic (exact) mass is 381 g/mol. The van der Waals surface area contributed by atoms with Crippen LogP contribution in [0.3, 0.4) is 0 Å². The predicted molar refractivity (Wildman–Crippen MR) is 111 cm³/mol. The van der Waals surface area contributed by atoms with Gasteiger partial charge in [0.25, 0.3) is 0 Å². The molecule has 4 nitrogen and oxygen atoms in total. The number of benzene rings is 2. The largest absolute Gasteiger partial charge is 0.457 e. The van der Waals surface area contributed by atoms with E-state index in [0.717, 1.165) is 29.2 Å². The van der Waals surface area contributed by atoms with Gasteiger partial charge in [-0.3, -0.25) is 0 Å². The third-order valence-electron chi connectivity index (χ3n) is 4.32. The van der Waals surface area contributed by atoms with Gasteiger partial charge >= 0.3 is 0 Å². The van der Waals surface area contributed by atoms with Crippen molar-refractivity contribution in [2.45, 2.75) is 39.2 Å². The molecule has 2 aromatic carbocycles. The number of hydrogen-bond acceptors (Lipinski definition) is 4. The summed E-state index contributed by atoms with van der Waals surface area (Å²) in [5.41, 5.74) is 1.97. The van der Waals surface area contributed by atoms with Gasteiger partial charge in [-0.2, -0.15) is 0 Å². The van der Waals surface area contributed by atoms with E-state index >= 15 is 0 Å². The lowest BCUT2D eigenvalue weighted by Gasteiger charge is -2.20. The Kier molecular flexibility index (Phi) is 6.30. The molecule has 1 atom stereocenters. The maximum atomic E-state index is 6.52. The number of halogens is 1. The van der Waals surface area contributed by atoms with Gasteiger partial charge in [-0.25, -0.2) is 9.97 Å². The van der Waals surface area contributed by atoms with Crippen molar-refractivity contribution in [1.82, 2.24) is 9.97 Å². The van der Waals surface area contributed by atoms with Crippen LogP contribution >= 0.6 is 11.6 Å². The predicted octanol–water partition coefficient (Wildman–Crippen LogP) is 6.61. The molecule has 3 rings (SSSR count). The van der Waals surface area contributed by atoms with Crippen LogP contribution < -0.4 is 10.1 Å². The molecule has 0 saturated carbocycles. The van der Waals surface area contributed by atoms with Crippen LogP contribution in [0.25, 0.3) is 0 Å². The smallest absolute Gasteiger partial charge is 0.149 e. The molecule has 0 aliphatic carbocycles. The second-order valence-electron chi connectivity index (χ2n) is 6.67. The van der Waals surface area contributed by atoms with Crippen LogP contribution in [0.2, 0.25) is 5.02 Å². The van der Waals surface area contributed by atoms with Crippen LogP contribution in [0.15, 0.2) is 60.9 Å². The Bertz CT molecular complexity index is 884. The summed E-state index contributed by atoms with van der Waals surface area (Å²) in [4.78, 5) is 8.64. The molecular formula is C22H24ClN3O. The number of nitrogens with zero attached hydrogens (tertiary/aromatic N) is 2. The zero-order chi connectivity index (χ0) is 19.2. The molecule has 5 heteroatoms. The lowest BCUT2D eigenvalue weighted by Crippen LogP contribution is -2.12. The van der Waals surface area contributed by atoms with Crippen LogP contribution in [0.5, 0.6) is 11.5 Å². The van der Waals surface area contributed by atoms with Gasteiger partial charge in [0.2, 0.25) is 0 Å². The highest BCUT2D eigenvalue weighted by Crippen LogP contribution is 2.32. The molecule has 0 aliphatic heterocycles. The average Bonchev–Trinajstić information content (AvgIpc) is 2.68. The van der Waals surface area contributed by atoms with Crippen LogP contribution in [0.1, 0.15) is 50.4 Å². The topological polar surface area (TPSA) is 47.0 Å². The molecule has 0 amide bonds. The highest BCUT2D eigenvalue weighted by atomic mass is 35.5. The minimum Gasteiger partial charge on any atom is -0.457 e. The van der Waals surface area contributed by atoms with Crippen molar-refractivity contribution in [3.05, 3.63) is 77.2 Å². The van der Waals surface area contributed by atoms with Crippen LogP contribution in [-0.2, 0) is 0 Å². The van der Waals surface area contributed by atoms with Gasteiger partial charge in [0, 0.05) is 0 Å². The molecule has 0 spiro atoms. The SMILES string of the molecule is CCC(Nc1ncnc(C(C)C)c1Cl)c1cccc(Oc2ccccc2)c1. The summed E-state index contributed by atoms with van der Waals surface area (Å²) in [5.74, 6) is 2.52. The fourth-order valence-corrected chi connectivity index (χ4v) is 3.26.